The van der Waals surface area contributed by atoms with Gasteiger partial charge in [0.15, 0.2) is 0 Å². The van der Waals surface area contributed by atoms with Gasteiger partial charge in [0.25, 0.3) is 0 Å². The van der Waals surface area contributed by atoms with Gasteiger partial charge in [0.1, 0.15) is 0 Å². The molecule has 4 amide bonds. The standard InChI is InChI=1S/C22H20N4O4/c1-11-13(3)17(23-9-27)7-19(15(11)5)25-21(29)26(22(25)30)20-8-18(24-10-28)14(4)12(2)16(20)6/h7-8H,1-6H3. The molecule has 1 fully saturated rings. The zero-order valence-electron chi connectivity index (χ0n) is 17.6. The number of hydrogen-bond acceptors (Lipinski definition) is 6. The summed E-state index contributed by atoms with van der Waals surface area (Å²) in [7, 11) is 0. The number of amides is 4. The van der Waals surface area contributed by atoms with Crippen molar-refractivity contribution in [3.05, 3.63) is 45.5 Å². The number of nitrogens with zero attached hydrogens (tertiary/aromatic N) is 4. The second-order valence-corrected chi connectivity index (χ2v) is 7.22. The summed E-state index contributed by atoms with van der Waals surface area (Å²) in [5.41, 5.74) is 6.12. The molecule has 8 nitrogen and oxygen atoms in total. The molecule has 0 radical (unpaired) electrons. The van der Waals surface area contributed by atoms with Crippen LogP contribution in [0.4, 0.5) is 32.3 Å². The molecule has 0 aliphatic carbocycles. The summed E-state index contributed by atoms with van der Waals surface area (Å²) in [6.45, 7) is 10.9. The van der Waals surface area contributed by atoms with E-state index in [0.717, 1.165) is 43.2 Å². The van der Waals surface area contributed by atoms with E-state index in [9.17, 15) is 19.2 Å². The molecule has 8 heteroatoms. The van der Waals surface area contributed by atoms with Crippen LogP contribution in [0.3, 0.4) is 0 Å². The van der Waals surface area contributed by atoms with Gasteiger partial charge in [-0.2, -0.15) is 9.98 Å². The van der Waals surface area contributed by atoms with Crippen LogP contribution in [0.5, 0.6) is 0 Å². The lowest BCUT2D eigenvalue weighted by molar-refractivity contribution is 0.226. The maximum absolute atomic E-state index is 13.0. The molecular weight excluding hydrogens is 384 g/mol. The first-order valence-electron chi connectivity index (χ1n) is 9.21. The SMILES string of the molecule is Cc1c(N=C=O)cc(N2C(=O)N(c3cc(N=C=O)c(C)c(C)c3C)C2=O)c(C)c1C. The first-order chi connectivity index (χ1) is 14.1. The number of isocyanates is 2. The number of hydrogen-bond donors (Lipinski definition) is 0. The Balaban J connectivity index is 2.11. The third-order valence-corrected chi connectivity index (χ3v) is 5.91. The van der Waals surface area contributed by atoms with Gasteiger partial charge in [-0.1, -0.05) is 0 Å². The van der Waals surface area contributed by atoms with E-state index in [1.807, 2.05) is 27.7 Å². The van der Waals surface area contributed by atoms with Crippen molar-refractivity contribution in [1.29, 1.82) is 0 Å². The molecule has 2 aromatic rings. The second kappa shape index (κ2) is 7.52. The monoisotopic (exact) mass is 404 g/mol. The number of anilines is 2. The Morgan fingerprint density at radius 3 is 1.23 bits per heavy atom. The van der Waals surface area contributed by atoms with E-state index in [2.05, 4.69) is 9.98 Å². The van der Waals surface area contributed by atoms with Gasteiger partial charge < -0.3 is 0 Å². The topological polar surface area (TPSA) is 99.5 Å². The van der Waals surface area contributed by atoms with Crippen molar-refractivity contribution in [3.8, 4) is 0 Å². The fourth-order valence-corrected chi connectivity index (χ4v) is 3.55. The number of carbonyl (C=O) groups is 2. The van der Waals surface area contributed by atoms with Crippen LogP contribution in [0, 0.1) is 41.5 Å². The molecule has 0 aromatic heterocycles. The lowest BCUT2D eigenvalue weighted by atomic mass is 9.98. The van der Waals surface area contributed by atoms with Gasteiger partial charge >= 0.3 is 12.1 Å². The van der Waals surface area contributed by atoms with Gasteiger partial charge in [-0.05, 0) is 87.1 Å². The third kappa shape index (κ3) is 2.95. The maximum Gasteiger partial charge on any atom is 0.345 e. The van der Waals surface area contributed by atoms with Crippen LogP contribution in [0.25, 0.3) is 0 Å². The summed E-state index contributed by atoms with van der Waals surface area (Å²) in [6, 6.07) is 1.98. The van der Waals surface area contributed by atoms with Crippen LogP contribution in [0.1, 0.15) is 33.4 Å². The largest absolute Gasteiger partial charge is 0.345 e. The summed E-state index contributed by atoms with van der Waals surface area (Å²) < 4.78 is 0. The van der Waals surface area contributed by atoms with Crippen molar-refractivity contribution >= 4 is 47.0 Å². The molecule has 0 bridgehead atoms. The molecule has 30 heavy (non-hydrogen) atoms. The van der Waals surface area contributed by atoms with Crippen LogP contribution in [0.15, 0.2) is 22.1 Å². The highest BCUT2D eigenvalue weighted by molar-refractivity contribution is 6.41. The van der Waals surface area contributed by atoms with E-state index < -0.39 is 12.1 Å². The molecule has 1 aliphatic rings. The summed E-state index contributed by atoms with van der Waals surface area (Å²) in [4.78, 5) is 57.0. The van der Waals surface area contributed by atoms with Gasteiger partial charge in [-0.15, -0.1) is 0 Å². The first kappa shape index (κ1) is 20.9. The predicted octanol–water partition coefficient (Wildman–Crippen LogP) is 5.04. The van der Waals surface area contributed by atoms with Crippen LogP contribution in [0.2, 0.25) is 0 Å². The zero-order valence-corrected chi connectivity index (χ0v) is 17.6. The molecule has 0 atom stereocenters. The minimum absolute atomic E-state index is 0.354. The predicted molar refractivity (Wildman–Crippen MR) is 113 cm³/mol. The Kier molecular flexibility index (Phi) is 5.23. The van der Waals surface area contributed by atoms with Crippen LogP contribution < -0.4 is 9.80 Å². The van der Waals surface area contributed by atoms with E-state index in [4.69, 9.17) is 0 Å². The Morgan fingerprint density at radius 2 is 0.933 bits per heavy atom. The number of rotatable bonds is 4. The van der Waals surface area contributed by atoms with E-state index in [-0.39, 0.29) is 0 Å². The average molecular weight is 404 g/mol. The Hall–Kier alpha value is -3.86. The highest BCUT2D eigenvalue weighted by atomic mass is 16.2. The van der Waals surface area contributed by atoms with Gasteiger partial charge in [0.05, 0.1) is 22.7 Å². The maximum atomic E-state index is 13.0. The van der Waals surface area contributed by atoms with Crippen molar-refractivity contribution in [2.75, 3.05) is 9.80 Å². The highest BCUT2D eigenvalue weighted by Gasteiger charge is 2.47. The minimum atomic E-state index is -0.542. The van der Waals surface area contributed by atoms with Crippen molar-refractivity contribution in [2.45, 2.75) is 41.5 Å². The molecule has 3 rings (SSSR count). The van der Waals surface area contributed by atoms with Gasteiger partial charge in [-0.3, -0.25) is 0 Å². The van der Waals surface area contributed by atoms with Crippen molar-refractivity contribution in [1.82, 2.24) is 0 Å². The van der Waals surface area contributed by atoms with Crippen molar-refractivity contribution in [3.63, 3.8) is 0 Å². The lowest BCUT2D eigenvalue weighted by Crippen LogP contribution is -2.65. The third-order valence-electron chi connectivity index (χ3n) is 5.91. The summed E-state index contributed by atoms with van der Waals surface area (Å²) in [5, 5.41) is 0. The first-order valence-corrected chi connectivity index (χ1v) is 9.21. The van der Waals surface area contributed by atoms with E-state index >= 15 is 0 Å². The van der Waals surface area contributed by atoms with Gasteiger partial charge in [0.2, 0.25) is 12.2 Å². The van der Waals surface area contributed by atoms with Crippen molar-refractivity contribution < 1.29 is 19.2 Å². The average Bonchev–Trinajstić information content (AvgIpc) is 2.72. The molecule has 1 heterocycles. The summed E-state index contributed by atoms with van der Waals surface area (Å²) in [5.74, 6) is 0. The van der Waals surface area contributed by atoms with E-state index in [1.165, 1.54) is 24.3 Å². The zero-order chi connectivity index (χ0) is 22.3. The quantitative estimate of drug-likeness (QED) is 0.526. The smallest absolute Gasteiger partial charge is 0.246 e. The number of imide groups is 2. The normalized spacial score (nSPS) is 13.0. The van der Waals surface area contributed by atoms with Gasteiger partial charge in [-0.25, -0.2) is 29.0 Å². The Morgan fingerprint density at radius 1 is 0.600 bits per heavy atom. The molecule has 1 saturated heterocycles. The lowest BCUT2D eigenvalue weighted by Gasteiger charge is -2.40. The number of carbonyl (C=O) groups excluding carboxylic acids is 4. The molecule has 0 unspecified atom stereocenters. The van der Waals surface area contributed by atoms with Gasteiger partial charge in [0, 0.05) is 0 Å². The molecule has 0 saturated carbocycles. The molecular formula is C22H20N4O4. The molecule has 1 aliphatic heterocycles. The van der Waals surface area contributed by atoms with Crippen LogP contribution >= 0.6 is 0 Å². The Bertz CT molecular complexity index is 1110. The molecule has 152 valence electrons. The number of aliphatic imine (C=N–C) groups is 2. The molecule has 0 N–H and O–H groups in total. The Labute approximate surface area is 173 Å². The minimum Gasteiger partial charge on any atom is -0.246 e. The summed E-state index contributed by atoms with van der Waals surface area (Å²) >= 11 is 0. The second-order valence-electron chi connectivity index (χ2n) is 7.22. The van der Waals surface area contributed by atoms with Crippen LogP contribution in [-0.4, -0.2) is 24.2 Å². The molecule has 2 aromatic carbocycles. The van der Waals surface area contributed by atoms with Crippen molar-refractivity contribution in [2.24, 2.45) is 9.98 Å². The fraction of sp³-hybridized carbons (Fsp3) is 0.273. The fourth-order valence-electron chi connectivity index (χ4n) is 3.55. The molecule has 0 spiro atoms. The number of urea groups is 2. The van der Waals surface area contributed by atoms with E-state index in [1.54, 1.807) is 13.8 Å². The van der Waals surface area contributed by atoms with E-state index in [0.29, 0.717) is 22.7 Å². The highest BCUT2D eigenvalue weighted by Crippen LogP contribution is 2.41. The van der Waals surface area contributed by atoms with Crippen LogP contribution in [-0.2, 0) is 9.59 Å². The number of benzene rings is 2. The summed E-state index contributed by atoms with van der Waals surface area (Å²) in [6.07, 6.45) is 3.00.